The van der Waals surface area contributed by atoms with Crippen molar-refractivity contribution in [3.8, 4) is 0 Å². The lowest BCUT2D eigenvalue weighted by atomic mass is 10.0. The van der Waals surface area contributed by atoms with Gasteiger partial charge in [-0.3, -0.25) is 9.80 Å². The molecular weight excluding hydrogens is 313 g/mol. The minimum absolute atomic E-state index is 0.0799. The number of aryl methyl sites for hydroxylation is 1. The lowest BCUT2D eigenvalue weighted by Crippen LogP contribution is -2.47. The van der Waals surface area contributed by atoms with Crippen LogP contribution < -0.4 is 0 Å². The van der Waals surface area contributed by atoms with Gasteiger partial charge in [0, 0.05) is 26.1 Å². The van der Waals surface area contributed by atoms with Gasteiger partial charge in [-0.15, -0.1) is 0 Å². The Kier molecular flexibility index (Phi) is 6.37. The Hall–Kier alpha value is -1.19. The summed E-state index contributed by atoms with van der Waals surface area (Å²) in [5.74, 6) is 1.21. The molecule has 0 bridgehead atoms. The van der Waals surface area contributed by atoms with Crippen LogP contribution in [0.4, 0.5) is 13.2 Å². The number of likely N-dealkylation sites (N-methyl/N-ethyl adjacent to an activating group) is 1. The molecule has 1 fully saturated rings. The highest BCUT2D eigenvalue weighted by Gasteiger charge is 2.28. The lowest BCUT2D eigenvalue weighted by molar-refractivity contribution is -0.174. The van der Waals surface area contributed by atoms with Gasteiger partial charge in [0.25, 0.3) is 0 Å². The van der Waals surface area contributed by atoms with Gasteiger partial charge in [0.05, 0.1) is 13.2 Å². The minimum Gasteiger partial charge on any atom is -0.371 e. The van der Waals surface area contributed by atoms with E-state index in [-0.39, 0.29) is 6.61 Å². The number of likely N-dealkylation sites (tertiary alicyclic amines) is 1. The Balaban J connectivity index is 1.72. The highest BCUT2D eigenvalue weighted by Crippen LogP contribution is 2.17. The number of alkyl halides is 3. The number of hydrogen-bond donors (Lipinski definition) is 0. The Morgan fingerprint density at radius 3 is 2.87 bits per heavy atom. The van der Waals surface area contributed by atoms with E-state index < -0.39 is 12.8 Å². The third kappa shape index (κ3) is 6.44. The molecule has 1 aromatic rings. The Bertz CT molecular complexity index is 481. The molecule has 0 unspecified atom stereocenters. The maximum absolute atomic E-state index is 12.0. The van der Waals surface area contributed by atoms with Crippen LogP contribution in [0.5, 0.6) is 0 Å². The molecule has 0 aliphatic carbocycles. The van der Waals surface area contributed by atoms with Gasteiger partial charge in [-0.1, -0.05) is 5.16 Å². The predicted octanol–water partition coefficient (Wildman–Crippen LogP) is 1.85. The Labute approximate surface area is 133 Å². The van der Waals surface area contributed by atoms with Crippen molar-refractivity contribution < 1.29 is 22.4 Å². The third-order valence-electron chi connectivity index (χ3n) is 3.89. The second kappa shape index (κ2) is 8.07. The minimum atomic E-state index is -4.26. The van der Waals surface area contributed by atoms with Crippen LogP contribution in [0.2, 0.25) is 0 Å². The summed E-state index contributed by atoms with van der Waals surface area (Å²) in [7, 11) is 1.92. The van der Waals surface area contributed by atoms with E-state index >= 15 is 0 Å². The standard InChI is InChI=1S/C14H23F3N4O2/c1-11-18-13(19-23-11)9-21-5-3-4-12(8-21)20(2)6-7-22-10-14(15,16)17/h12H,3-10H2,1-2H3/t12-/m0/s1. The number of piperidine rings is 1. The van der Waals surface area contributed by atoms with Crippen LogP contribution in [0.25, 0.3) is 0 Å². The molecule has 2 heterocycles. The summed E-state index contributed by atoms with van der Waals surface area (Å²) in [5, 5.41) is 3.90. The van der Waals surface area contributed by atoms with E-state index in [0.29, 0.717) is 30.8 Å². The van der Waals surface area contributed by atoms with E-state index in [4.69, 9.17) is 4.52 Å². The monoisotopic (exact) mass is 336 g/mol. The van der Waals surface area contributed by atoms with Crippen LogP contribution in [-0.4, -0.2) is 72.1 Å². The average molecular weight is 336 g/mol. The molecule has 132 valence electrons. The van der Waals surface area contributed by atoms with Crippen LogP contribution in [0, 0.1) is 6.92 Å². The number of halogens is 3. The molecule has 0 spiro atoms. The Morgan fingerprint density at radius 1 is 1.43 bits per heavy atom. The largest absolute Gasteiger partial charge is 0.411 e. The summed E-state index contributed by atoms with van der Waals surface area (Å²) in [4.78, 5) is 8.50. The van der Waals surface area contributed by atoms with Crippen LogP contribution in [-0.2, 0) is 11.3 Å². The highest BCUT2D eigenvalue weighted by molar-refractivity contribution is 4.87. The molecule has 2 rings (SSSR count). The first kappa shape index (κ1) is 18.2. The molecule has 6 nitrogen and oxygen atoms in total. The smallest absolute Gasteiger partial charge is 0.371 e. The molecule has 0 amide bonds. The zero-order chi connectivity index (χ0) is 16.9. The molecule has 1 atom stereocenters. The first-order valence-electron chi connectivity index (χ1n) is 7.70. The summed E-state index contributed by atoms with van der Waals surface area (Å²) in [6.07, 6.45) is -2.20. The first-order chi connectivity index (χ1) is 10.8. The fourth-order valence-corrected chi connectivity index (χ4v) is 2.72. The van der Waals surface area contributed by atoms with Gasteiger partial charge in [0.15, 0.2) is 5.82 Å². The lowest BCUT2D eigenvalue weighted by Gasteiger charge is -2.37. The molecular formula is C14H23F3N4O2. The van der Waals surface area contributed by atoms with E-state index in [1.165, 1.54) is 0 Å². The number of nitrogens with zero attached hydrogens (tertiary/aromatic N) is 4. The first-order valence-corrected chi connectivity index (χ1v) is 7.70. The van der Waals surface area contributed by atoms with Crippen LogP contribution in [0.3, 0.4) is 0 Å². The van der Waals surface area contributed by atoms with Crippen LogP contribution >= 0.6 is 0 Å². The topological polar surface area (TPSA) is 54.6 Å². The van der Waals surface area contributed by atoms with Crippen LogP contribution in [0.15, 0.2) is 4.52 Å². The van der Waals surface area contributed by atoms with E-state index in [1.807, 2.05) is 7.05 Å². The number of rotatable bonds is 7. The van der Waals surface area contributed by atoms with Gasteiger partial charge in [0.2, 0.25) is 5.89 Å². The van der Waals surface area contributed by atoms with Crippen molar-refractivity contribution in [1.29, 1.82) is 0 Å². The molecule has 1 saturated heterocycles. The fourth-order valence-electron chi connectivity index (χ4n) is 2.72. The molecule has 1 aliphatic rings. The van der Waals surface area contributed by atoms with E-state index in [2.05, 4.69) is 24.7 Å². The summed E-state index contributed by atoms with van der Waals surface area (Å²) in [5.41, 5.74) is 0. The molecule has 0 N–H and O–H groups in total. The summed E-state index contributed by atoms with van der Waals surface area (Å²) in [6.45, 7) is 3.56. The highest BCUT2D eigenvalue weighted by atomic mass is 19.4. The van der Waals surface area contributed by atoms with Crippen LogP contribution in [0.1, 0.15) is 24.6 Å². The molecule has 23 heavy (non-hydrogen) atoms. The SMILES string of the molecule is Cc1nc(CN2CCC[C@H](N(C)CCOCC(F)(F)F)C2)no1. The van der Waals surface area contributed by atoms with E-state index in [9.17, 15) is 13.2 Å². The molecule has 9 heteroatoms. The number of ether oxygens (including phenoxy) is 1. The maximum atomic E-state index is 12.0. The van der Waals surface area contributed by atoms with E-state index in [1.54, 1.807) is 6.92 Å². The van der Waals surface area contributed by atoms with Gasteiger partial charge in [-0.2, -0.15) is 18.2 Å². The van der Waals surface area contributed by atoms with Gasteiger partial charge in [0.1, 0.15) is 6.61 Å². The molecule has 0 saturated carbocycles. The zero-order valence-electron chi connectivity index (χ0n) is 13.5. The second-order valence-electron chi connectivity index (χ2n) is 5.91. The fraction of sp³-hybridized carbons (Fsp3) is 0.857. The van der Waals surface area contributed by atoms with Crippen molar-refractivity contribution in [3.63, 3.8) is 0 Å². The van der Waals surface area contributed by atoms with Crippen molar-refractivity contribution >= 4 is 0 Å². The maximum Gasteiger partial charge on any atom is 0.411 e. The Morgan fingerprint density at radius 2 is 2.22 bits per heavy atom. The molecule has 0 radical (unpaired) electrons. The predicted molar refractivity (Wildman–Crippen MR) is 76.8 cm³/mol. The van der Waals surface area contributed by atoms with E-state index in [0.717, 1.165) is 25.9 Å². The zero-order valence-corrected chi connectivity index (χ0v) is 13.5. The summed E-state index contributed by atoms with van der Waals surface area (Å²) in [6, 6.07) is 0.297. The van der Waals surface area contributed by atoms with Gasteiger partial charge >= 0.3 is 6.18 Å². The van der Waals surface area contributed by atoms with Crippen molar-refractivity contribution in [2.24, 2.45) is 0 Å². The molecule has 0 aromatic carbocycles. The quantitative estimate of drug-likeness (QED) is 0.709. The van der Waals surface area contributed by atoms with Crippen molar-refractivity contribution in [3.05, 3.63) is 11.7 Å². The van der Waals surface area contributed by atoms with Gasteiger partial charge < -0.3 is 9.26 Å². The summed E-state index contributed by atoms with van der Waals surface area (Å²) >= 11 is 0. The van der Waals surface area contributed by atoms with Gasteiger partial charge in [-0.25, -0.2) is 0 Å². The number of hydrogen-bond acceptors (Lipinski definition) is 6. The summed E-state index contributed by atoms with van der Waals surface area (Å²) < 4.78 is 45.7. The average Bonchev–Trinajstić information content (AvgIpc) is 2.88. The molecule has 1 aliphatic heterocycles. The second-order valence-corrected chi connectivity index (χ2v) is 5.91. The number of aromatic nitrogens is 2. The van der Waals surface area contributed by atoms with Crippen molar-refractivity contribution in [2.45, 2.75) is 38.5 Å². The van der Waals surface area contributed by atoms with Gasteiger partial charge in [-0.05, 0) is 26.4 Å². The normalized spacial score (nSPS) is 20.3. The van der Waals surface area contributed by atoms with Crippen molar-refractivity contribution in [2.75, 3.05) is 39.9 Å². The van der Waals surface area contributed by atoms with Crippen molar-refractivity contribution in [1.82, 2.24) is 19.9 Å². The molecule has 1 aromatic heterocycles. The third-order valence-corrected chi connectivity index (χ3v) is 3.89.